The van der Waals surface area contributed by atoms with E-state index < -0.39 is 10.2 Å². The minimum Gasteiger partial charge on any atom is -0.318 e. The van der Waals surface area contributed by atoms with Crippen LogP contribution in [-0.2, 0) is 16.8 Å². The summed E-state index contributed by atoms with van der Waals surface area (Å²) in [5, 5.41) is 3.07. The third kappa shape index (κ3) is 4.47. The van der Waals surface area contributed by atoms with E-state index in [0.29, 0.717) is 13.1 Å². The average Bonchev–Trinajstić information content (AvgIpc) is 2.46. The molecule has 118 valence electrons. The van der Waals surface area contributed by atoms with Gasteiger partial charge < -0.3 is 5.32 Å². The summed E-state index contributed by atoms with van der Waals surface area (Å²) in [5.41, 5.74) is 1.62. The molecule has 7 heteroatoms. The predicted molar refractivity (Wildman–Crippen MR) is 83.0 cm³/mol. The summed E-state index contributed by atoms with van der Waals surface area (Å²) >= 11 is 0. The van der Waals surface area contributed by atoms with Gasteiger partial charge in [-0.25, -0.2) is 0 Å². The van der Waals surface area contributed by atoms with Gasteiger partial charge in [-0.05, 0) is 38.9 Å². The van der Waals surface area contributed by atoms with Crippen molar-refractivity contribution in [1.82, 2.24) is 19.3 Å². The zero-order valence-corrected chi connectivity index (χ0v) is 13.5. The monoisotopic (exact) mass is 312 g/mol. The topological polar surface area (TPSA) is 74.3 Å². The second-order valence-corrected chi connectivity index (χ2v) is 7.12. The highest BCUT2D eigenvalue weighted by molar-refractivity contribution is 7.87. The van der Waals surface area contributed by atoms with E-state index in [1.165, 1.54) is 0 Å². The highest BCUT2D eigenvalue weighted by Crippen LogP contribution is 2.19. The van der Waals surface area contributed by atoms with Gasteiger partial charge in [0.25, 0.3) is 10.2 Å². The molecule has 1 aromatic heterocycles. The Labute approximate surface area is 127 Å². The van der Waals surface area contributed by atoms with Gasteiger partial charge in [0.15, 0.2) is 0 Å². The first-order valence-corrected chi connectivity index (χ1v) is 8.80. The molecule has 2 N–H and O–H groups in total. The lowest BCUT2D eigenvalue weighted by molar-refractivity contribution is 0.246. The van der Waals surface area contributed by atoms with Gasteiger partial charge in [0.1, 0.15) is 0 Å². The lowest BCUT2D eigenvalue weighted by Gasteiger charge is -2.34. The minimum absolute atomic E-state index is 0.0340. The summed E-state index contributed by atoms with van der Waals surface area (Å²) in [6.07, 6.45) is 2.91. The fourth-order valence-corrected chi connectivity index (χ4v) is 4.11. The van der Waals surface area contributed by atoms with Gasteiger partial charge >= 0.3 is 0 Å². The summed E-state index contributed by atoms with van der Waals surface area (Å²) in [5.74, 6) is 0. The summed E-state index contributed by atoms with van der Waals surface area (Å²) in [7, 11) is -1.61. The quantitative estimate of drug-likeness (QED) is 0.815. The van der Waals surface area contributed by atoms with Gasteiger partial charge in [0.05, 0.1) is 12.2 Å². The molecule has 1 aromatic rings. The van der Waals surface area contributed by atoms with Crippen molar-refractivity contribution in [2.24, 2.45) is 0 Å². The van der Waals surface area contributed by atoms with E-state index in [1.807, 2.05) is 32.2 Å². The third-order valence-electron chi connectivity index (χ3n) is 3.70. The predicted octanol–water partition coefficient (Wildman–Crippen LogP) is 0.798. The maximum absolute atomic E-state index is 12.5. The number of pyridine rings is 1. The minimum atomic E-state index is -3.46. The number of nitrogens with one attached hydrogen (secondary N) is 2. The molecule has 21 heavy (non-hydrogen) atoms. The normalized spacial score (nSPS) is 20.6. The number of likely N-dealkylation sites (N-methyl/N-ethyl adjacent to an activating group) is 1. The number of hydrogen-bond donors (Lipinski definition) is 2. The standard InChI is InChI=1S/C14H24N4O2S/c1-12-6-5-7-13(17-12)10-16-21(19,20)18-9-4-3-8-14(18)11-15-2/h5-7,14-16H,3-4,8-11H2,1-2H3. The maximum Gasteiger partial charge on any atom is 0.280 e. The van der Waals surface area contributed by atoms with Crippen LogP contribution in [0.1, 0.15) is 30.7 Å². The highest BCUT2D eigenvalue weighted by atomic mass is 32.2. The number of piperidine rings is 1. The number of aromatic nitrogens is 1. The lowest BCUT2D eigenvalue weighted by atomic mass is 10.1. The van der Waals surface area contributed by atoms with Crippen molar-refractivity contribution in [1.29, 1.82) is 0 Å². The Bertz CT molecular complexity index is 560. The van der Waals surface area contributed by atoms with Crippen molar-refractivity contribution in [3.05, 3.63) is 29.6 Å². The molecule has 1 aliphatic heterocycles. The molecule has 0 saturated carbocycles. The molecule has 6 nitrogen and oxygen atoms in total. The fourth-order valence-electron chi connectivity index (χ4n) is 2.68. The molecular weight excluding hydrogens is 288 g/mol. The Balaban J connectivity index is 2.02. The molecule has 0 bridgehead atoms. The summed E-state index contributed by atoms with van der Waals surface area (Å²) in [6, 6.07) is 5.64. The SMILES string of the molecule is CNCC1CCCCN1S(=O)(=O)NCc1cccc(C)n1. The van der Waals surface area contributed by atoms with Crippen molar-refractivity contribution in [3.8, 4) is 0 Å². The van der Waals surface area contributed by atoms with Gasteiger partial charge in [-0.1, -0.05) is 12.5 Å². The van der Waals surface area contributed by atoms with E-state index in [4.69, 9.17) is 0 Å². The molecule has 0 aliphatic carbocycles. The van der Waals surface area contributed by atoms with Gasteiger partial charge in [0.2, 0.25) is 0 Å². The van der Waals surface area contributed by atoms with E-state index in [2.05, 4.69) is 15.0 Å². The van der Waals surface area contributed by atoms with Crippen LogP contribution in [0.4, 0.5) is 0 Å². The largest absolute Gasteiger partial charge is 0.318 e. The number of nitrogens with zero attached hydrogens (tertiary/aromatic N) is 2. The first-order valence-electron chi connectivity index (χ1n) is 7.36. The van der Waals surface area contributed by atoms with Crippen LogP contribution in [0.15, 0.2) is 18.2 Å². The van der Waals surface area contributed by atoms with Crippen molar-refractivity contribution in [2.75, 3.05) is 20.1 Å². The van der Waals surface area contributed by atoms with E-state index in [-0.39, 0.29) is 12.6 Å². The van der Waals surface area contributed by atoms with Crippen LogP contribution >= 0.6 is 0 Å². The van der Waals surface area contributed by atoms with E-state index >= 15 is 0 Å². The van der Waals surface area contributed by atoms with Gasteiger partial charge in [0, 0.05) is 24.8 Å². The van der Waals surface area contributed by atoms with Gasteiger partial charge in [-0.15, -0.1) is 0 Å². The second-order valence-electron chi connectivity index (χ2n) is 5.41. The van der Waals surface area contributed by atoms with Crippen LogP contribution in [0.3, 0.4) is 0 Å². The molecule has 0 aromatic carbocycles. The smallest absolute Gasteiger partial charge is 0.280 e. The van der Waals surface area contributed by atoms with Crippen LogP contribution in [0, 0.1) is 6.92 Å². The van der Waals surface area contributed by atoms with E-state index in [9.17, 15) is 8.42 Å². The summed E-state index contributed by atoms with van der Waals surface area (Å²) in [4.78, 5) is 4.32. The van der Waals surface area contributed by atoms with Crippen LogP contribution in [0.5, 0.6) is 0 Å². The molecular formula is C14H24N4O2S. The maximum atomic E-state index is 12.5. The zero-order valence-electron chi connectivity index (χ0n) is 12.7. The summed E-state index contributed by atoms with van der Waals surface area (Å²) < 4.78 is 29.2. The Kier molecular flexibility index (Phi) is 5.69. The molecule has 2 heterocycles. The van der Waals surface area contributed by atoms with E-state index in [0.717, 1.165) is 30.7 Å². The number of aryl methyl sites for hydroxylation is 1. The van der Waals surface area contributed by atoms with Crippen LogP contribution in [0.2, 0.25) is 0 Å². The zero-order chi connectivity index (χ0) is 15.3. The molecule has 0 spiro atoms. The average molecular weight is 312 g/mol. The first-order chi connectivity index (χ1) is 10.0. The molecule has 1 saturated heterocycles. The van der Waals surface area contributed by atoms with Crippen LogP contribution in [-0.4, -0.2) is 43.9 Å². The van der Waals surface area contributed by atoms with Crippen LogP contribution in [0.25, 0.3) is 0 Å². The van der Waals surface area contributed by atoms with Crippen LogP contribution < -0.4 is 10.0 Å². The van der Waals surface area contributed by atoms with Crippen molar-refractivity contribution in [2.45, 2.75) is 38.8 Å². The molecule has 1 unspecified atom stereocenters. The van der Waals surface area contributed by atoms with Crippen molar-refractivity contribution in [3.63, 3.8) is 0 Å². The Hall–Kier alpha value is -1.02. The van der Waals surface area contributed by atoms with Gasteiger partial charge in [-0.2, -0.15) is 17.4 Å². The van der Waals surface area contributed by atoms with E-state index in [1.54, 1.807) is 4.31 Å². The highest BCUT2D eigenvalue weighted by Gasteiger charge is 2.31. The lowest BCUT2D eigenvalue weighted by Crippen LogP contribution is -2.51. The summed E-state index contributed by atoms with van der Waals surface area (Å²) in [6.45, 7) is 3.39. The second kappa shape index (κ2) is 7.31. The van der Waals surface area contributed by atoms with Crippen molar-refractivity contribution >= 4 is 10.2 Å². The Morgan fingerprint density at radius 1 is 1.38 bits per heavy atom. The molecule has 1 aliphatic rings. The molecule has 2 rings (SSSR count). The third-order valence-corrected chi connectivity index (χ3v) is 5.31. The number of rotatable bonds is 6. The fraction of sp³-hybridized carbons (Fsp3) is 0.643. The van der Waals surface area contributed by atoms with Crippen molar-refractivity contribution < 1.29 is 8.42 Å². The number of hydrogen-bond acceptors (Lipinski definition) is 4. The van der Waals surface area contributed by atoms with Gasteiger partial charge in [-0.3, -0.25) is 4.98 Å². The first kappa shape index (κ1) is 16.4. The Morgan fingerprint density at radius 2 is 2.19 bits per heavy atom. The molecule has 1 atom stereocenters. The molecule has 0 amide bonds. The molecule has 0 radical (unpaired) electrons. The molecule has 1 fully saturated rings. The Morgan fingerprint density at radius 3 is 2.90 bits per heavy atom.